The van der Waals surface area contributed by atoms with E-state index in [1.54, 1.807) is 24.5 Å². The van der Waals surface area contributed by atoms with Crippen molar-refractivity contribution in [3.63, 3.8) is 0 Å². The first-order valence-electron chi connectivity index (χ1n) is 9.12. The van der Waals surface area contributed by atoms with Gasteiger partial charge in [0.1, 0.15) is 0 Å². The average molecular weight is 442 g/mol. The first-order valence-corrected chi connectivity index (χ1v) is 9.94. The van der Waals surface area contributed by atoms with Gasteiger partial charge in [0.25, 0.3) is 5.91 Å². The molecule has 8 N–H and O–H groups in total. The minimum Gasteiger partial charge on any atom is -0.481 e. The lowest BCUT2D eigenvalue weighted by Gasteiger charge is -2.02. The van der Waals surface area contributed by atoms with Crippen LogP contribution in [0.15, 0.2) is 59.9 Å². The van der Waals surface area contributed by atoms with Gasteiger partial charge < -0.3 is 27.6 Å². The summed E-state index contributed by atoms with van der Waals surface area (Å²) in [4.78, 5) is 35.2. The molecule has 2 aromatic heterocycles. The van der Waals surface area contributed by atoms with Crippen LogP contribution in [0.5, 0.6) is 0 Å². The maximum Gasteiger partial charge on any atom is 0.305 e. The number of nitrogen functional groups attached to an aromatic ring is 1. The van der Waals surface area contributed by atoms with Crippen LogP contribution in [0.3, 0.4) is 0 Å². The molecule has 0 aliphatic rings. The fourth-order valence-corrected chi connectivity index (χ4v) is 3.22. The van der Waals surface area contributed by atoms with Crippen LogP contribution in [-0.4, -0.2) is 39.5 Å². The molecule has 1 amide bonds. The third kappa shape index (κ3) is 8.50. The predicted molar refractivity (Wildman–Crippen MR) is 120 cm³/mol. The molecule has 0 atom stereocenters. The van der Waals surface area contributed by atoms with Gasteiger partial charge >= 0.3 is 5.97 Å². The number of carboxylic acids is 1. The lowest BCUT2D eigenvalue weighted by Crippen LogP contribution is -2.25. The highest BCUT2D eigenvalue weighted by Crippen LogP contribution is 2.28. The van der Waals surface area contributed by atoms with Gasteiger partial charge in [-0.1, -0.05) is 18.2 Å². The van der Waals surface area contributed by atoms with Gasteiger partial charge in [0.05, 0.1) is 17.8 Å². The third-order valence-corrected chi connectivity index (χ3v) is 4.83. The molecule has 0 aliphatic carbocycles. The van der Waals surface area contributed by atoms with Gasteiger partial charge in [0, 0.05) is 23.8 Å². The molecule has 3 aromatic rings. The minimum absolute atomic E-state index is 0.0387. The number of thiophene rings is 1. The fraction of sp³-hybridized carbons (Fsp3) is 0.150. The maximum atomic E-state index is 12.0. The van der Waals surface area contributed by atoms with E-state index in [1.807, 2.05) is 30.3 Å². The Balaban J connectivity index is 0.000000412. The summed E-state index contributed by atoms with van der Waals surface area (Å²) in [5.41, 5.74) is 17.7. The summed E-state index contributed by atoms with van der Waals surface area (Å²) in [6.45, 7) is 0.499. The van der Waals surface area contributed by atoms with Crippen LogP contribution in [0.4, 0.5) is 5.95 Å². The molecule has 0 bridgehead atoms. The second-order valence-corrected chi connectivity index (χ2v) is 7.20. The van der Waals surface area contributed by atoms with Crippen molar-refractivity contribution >= 4 is 35.1 Å². The predicted octanol–water partition coefficient (Wildman–Crippen LogP) is 1.45. The van der Waals surface area contributed by atoms with E-state index in [2.05, 4.69) is 20.3 Å². The lowest BCUT2D eigenvalue weighted by atomic mass is 10.1. The lowest BCUT2D eigenvalue weighted by molar-refractivity contribution is -0.136. The zero-order valence-corrected chi connectivity index (χ0v) is 17.4. The van der Waals surface area contributed by atoms with E-state index >= 15 is 0 Å². The maximum absolute atomic E-state index is 12.0. The molecule has 10 nitrogen and oxygen atoms in total. The number of guanidine groups is 1. The number of anilines is 1. The Morgan fingerprint density at radius 1 is 1.10 bits per heavy atom. The van der Waals surface area contributed by atoms with Crippen molar-refractivity contribution in [2.24, 2.45) is 16.5 Å². The zero-order chi connectivity index (χ0) is 22.6. The summed E-state index contributed by atoms with van der Waals surface area (Å²) in [5, 5.41) is 11.2. The van der Waals surface area contributed by atoms with Crippen molar-refractivity contribution < 1.29 is 14.7 Å². The summed E-state index contributed by atoms with van der Waals surface area (Å²) < 4.78 is 0. The molecule has 11 heteroatoms. The van der Waals surface area contributed by atoms with E-state index < -0.39 is 5.97 Å². The fourth-order valence-electron chi connectivity index (χ4n) is 2.30. The molecule has 0 saturated heterocycles. The van der Waals surface area contributed by atoms with Crippen molar-refractivity contribution in [2.75, 3.05) is 12.3 Å². The van der Waals surface area contributed by atoms with Crippen LogP contribution >= 0.6 is 11.3 Å². The summed E-state index contributed by atoms with van der Waals surface area (Å²) in [5.74, 6) is -0.858. The molecule has 0 aliphatic heterocycles. The SMILES string of the molecule is NC(N)=NCc1cccc(-c2ccc(C(=O)NCCC(=O)O)s2)c1.Nc1ncccn1. The smallest absolute Gasteiger partial charge is 0.305 e. The van der Waals surface area contributed by atoms with E-state index in [1.165, 1.54) is 11.3 Å². The standard InChI is InChI=1S/C16H18N4O3S.C4H5N3/c17-16(18)20-9-10-2-1-3-11(8-10)12-4-5-13(24-12)15(23)19-7-6-14(21)22;5-4-6-2-1-3-7-4/h1-5,8H,6-7,9H2,(H,19,23)(H,21,22)(H4,17,18,20);1-3H,(H2,5,6,7). The Morgan fingerprint density at radius 2 is 1.84 bits per heavy atom. The summed E-state index contributed by atoms with van der Waals surface area (Å²) in [6, 6.07) is 13.0. The van der Waals surface area contributed by atoms with E-state index in [0.29, 0.717) is 17.4 Å². The van der Waals surface area contributed by atoms with E-state index in [0.717, 1.165) is 16.0 Å². The molecule has 0 spiro atoms. The number of benzene rings is 1. The Kier molecular flexibility index (Phi) is 8.92. The molecule has 2 heterocycles. The van der Waals surface area contributed by atoms with Crippen LogP contribution < -0.4 is 22.5 Å². The van der Waals surface area contributed by atoms with Gasteiger partial charge in [-0.15, -0.1) is 11.3 Å². The molecular formula is C20H23N7O3S. The van der Waals surface area contributed by atoms with Crippen molar-refractivity contribution in [3.8, 4) is 10.4 Å². The average Bonchev–Trinajstić information content (AvgIpc) is 3.24. The van der Waals surface area contributed by atoms with Crippen LogP contribution in [0.25, 0.3) is 10.4 Å². The van der Waals surface area contributed by atoms with Gasteiger partial charge in [-0.2, -0.15) is 0 Å². The minimum atomic E-state index is -0.945. The number of amides is 1. The number of aliphatic carboxylic acids is 1. The highest BCUT2D eigenvalue weighted by atomic mass is 32.1. The zero-order valence-electron chi connectivity index (χ0n) is 16.6. The molecule has 162 valence electrons. The molecule has 0 unspecified atom stereocenters. The number of carbonyl (C=O) groups excluding carboxylic acids is 1. The van der Waals surface area contributed by atoms with Crippen molar-refractivity contribution in [3.05, 3.63) is 65.3 Å². The quantitative estimate of drug-likeness (QED) is 0.269. The monoisotopic (exact) mass is 441 g/mol. The molecule has 1 aromatic carbocycles. The number of nitrogens with one attached hydrogen (secondary N) is 1. The van der Waals surface area contributed by atoms with Crippen LogP contribution in [0, 0.1) is 0 Å². The molecule has 0 saturated carbocycles. The number of nitrogens with zero attached hydrogens (tertiary/aromatic N) is 3. The number of rotatable bonds is 7. The number of aromatic nitrogens is 2. The van der Waals surface area contributed by atoms with Gasteiger partial charge in [-0.3, -0.25) is 9.59 Å². The number of aliphatic imine (C=N–C) groups is 1. The largest absolute Gasteiger partial charge is 0.481 e. The number of hydrogen-bond acceptors (Lipinski definition) is 7. The number of carboxylic acid groups (broad SMARTS) is 1. The second kappa shape index (κ2) is 11.9. The number of hydrogen-bond donors (Lipinski definition) is 5. The Morgan fingerprint density at radius 3 is 2.45 bits per heavy atom. The van der Waals surface area contributed by atoms with Crippen molar-refractivity contribution in [1.29, 1.82) is 0 Å². The molecule has 3 rings (SSSR count). The van der Waals surface area contributed by atoms with E-state index in [4.69, 9.17) is 22.3 Å². The topological polar surface area (TPSA) is 183 Å². The first-order chi connectivity index (χ1) is 14.8. The van der Waals surface area contributed by atoms with Gasteiger partial charge in [-0.05, 0) is 35.4 Å². The highest BCUT2D eigenvalue weighted by molar-refractivity contribution is 7.17. The summed E-state index contributed by atoms with van der Waals surface area (Å²) in [7, 11) is 0. The number of carbonyl (C=O) groups is 2. The third-order valence-electron chi connectivity index (χ3n) is 3.70. The van der Waals surface area contributed by atoms with Gasteiger partial charge in [-0.25, -0.2) is 15.0 Å². The van der Waals surface area contributed by atoms with Gasteiger partial charge in [0.15, 0.2) is 5.96 Å². The summed E-state index contributed by atoms with van der Waals surface area (Å²) >= 11 is 1.34. The summed E-state index contributed by atoms with van der Waals surface area (Å²) in [6.07, 6.45) is 3.10. The molecule has 0 radical (unpaired) electrons. The number of nitrogens with two attached hydrogens (primary N) is 3. The second-order valence-electron chi connectivity index (χ2n) is 6.11. The van der Waals surface area contributed by atoms with Crippen LogP contribution in [0.1, 0.15) is 21.7 Å². The Hall–Kier alpha value is -3.99. The Labute approximate surface area is 182 Å². The van der Waals surface area contributed by atoms with Gasteiger partial charge in [0.2, 0.25) is 5.95 Å². The normalized spacial score (nSPS) is 9.81. The van der Waals surface area contributed by atoms with Crippen molar-refractivity contribution in [2.45, 2.75) is 13.0 Å². The van der Waals surface area contributed by atoms with Crippen LogP contribution in [-0.2, 0) is 11.3 Å². The van der Waals surface area contributed by atoms with Crippen molar-refractivity contribution in [1.82, 2.24) is 15.3 Å². The Bertz CT molecular complexity index is 1030. The molecule has 0 fully saturated rings. The van der Waals surface area contributed by atoms with Crippen LogP contribution in [0.2, 0.25) is 0 Å². The first kappa shape index (κ1) is 23.3. The highest BCUT2D eigenvalue weighted by Gasteiger charge is 2.11. The molecule has 31 heavy (non-hydrogen) atoms. The van der Waals surface area contributed by atoms with E-state index in [9.17, 15) is 9.59 Å². The molecular weight excluding hydrogens is 418 g/mol. The van der Waals surface area contributed by atoms with E-state index in [-0.39, 0.29) is 24.8 Å².